The van der Waals surface area contributed by atoms with Gasteiger partial charge in [-0.1, -0.05) is 18.5 Å². The summed E-state index contributed by atoms with van der Waals surface area (Å²) in [5.41, 5.74) is 0. The maximum absolute atomic E-state index is 12.8. The predicted molar refractivity (Wildman–Crippen MR) is 88.3 cm³/mol. The summed E-state index contributed by atoms with van der Waals surface area (Å²) < 4.78 is 5.44. The molecule has 1 aromatic heterocycles. The molecule has 0 saturated carbocycles. The van der Waals surface area contributed by atoms with Crippen LogP contribution in [0.15, 0.2) is 12.4 Å². The summed E-state index contributed by atoms with van der Waals surface area (Å²) in [6, 6.07) is 0. The molecule has 0 aliphatic carbocycles. The molecule has 1 N–H and O–H groups in total. The van der Waals surface area contributed by atoms with Gasteiger partial charge in [-0.3, -0.25) is 4.79 Å². The van der Waals surface area contributed by atoms with E-state index in [2.05, 4.69) is 22.2 Å². The van der Waals surface area contributed by atoms with Gasteiger partial charge in [0.25, 0.3) is 0 Å². The van der Waals surface area contributed by atoms with Crippen molar-refractivity contribution in [1.82, 2.24) is 14.9 Å². The first-order valence-corrected chi connectivity index (χ1v) is 8.59. The van der Waals surface area contributed by atoms with Gasteiger partial charge in [0.1, 0.15) is 0 Å². The van der Waals surface area contributed by atoms with Crippen LogP contribution in [0.5, 0.6) is 0 Å². The van der Waals surface area contributed by atoms with Crippen LogP contribution < -0.4 is 5.32 Å². The molecule has 6 nitrogen and oxygen atoms in total. The highest BCUT2D eigenvalue weighted by Crippen LogP contribution is 2.28. The van der Waals surface area contributed by atoms with Gasteiger partial charge in [0.2, 0.25) is 11.9 Å². The van der Waals surface area contributed by atoms with Crippen molar-refractivity contribution in [3.63, 3.8) is 0 Å². The van der Waals surface area contributed by atoms with E-state index in [0.29, 0.717) is 29.4 Å². The highest BCUT2D eigenvalue weighted by atomic mass is 35.5. The first-order valence-electron chi connectivity index (χ1n) is 8.21. The number of aromatic nitrogens is 2. The van der Waals surface area contributed by atoms with Crippen molar-refractivity contribution < 1.29 is 9.53 Å². The number of amides is 1. The van der Waals surface area contributed by atoms with Gasteiger partial charge in [-0.05, 0) is 24.7 Å². The lowest BCUT2D eigenvalue weighted by Crippen LogP contribution is -2.53. The first kappa shape index (κ1) is 16.5. The van der Waals surface area contributed by atoms with Crippen molar-refractivity contribution in [3.05, 3.63) is 17.4 Å². The highest BCUT2D eigenvalue weighted by molar-refractivity contribution is 6.30. The van der Waals surface area contributed by atoms with E-state index >= 15 is 0 Å². The van der Waals surface area contributed by atoms with E-state index < -0.39 is 0 Å². The Morgan fingerprint density at radius 1 is 1.39 bits per heavy atom. The molecule has 3 heterocycles. The molecule has 1 atom stereocenters. The molecule has 1 aromatic rings. The fourth-order valence-electron chi connectivity index (χ4n) is 3.29. The Hall–Kier alpha value is -1.40. The van der Waals surface area contributed by atoms with Crippen LogP contribution in [-0.4, -0.2) is 53.6 Å². The van der Waals surface area contributed by atoms with Crippen LogP contribution in [0, 0.1) is 17.8 Å². The molecule has 1 amide bonds. The van der Waals surface area contributed by atoms with E-state index in [1.54, 1.807) is 12.4 Å². The maximum Gasteiger partial charge on any atom is 0.227 e. The molecule has 0 bridgehead atoms. The van der Waals surface area contributed by atoms with Gasteiger partial charge in [-0.15, -0.1) is 0 Å². The molecule has 2 aliphatic heterocycles. The van der Waals surface area contributed by atoms with E-state index in [4.69, 9.17) is 16.3 Å². The third-order valence-corrected chi connectivity index (χ3v) is 4.82. The molecule has 126 valence electrons. The van der Waals surface area contributed by atoms with Crippen molar-refractivity contribution in [2.45, 2.75) is 19.8 Å². The Bertz CT molecular complexity index is 527. The third kappa shape index (κ3) is 4.12. The smallest absolute Gasteiger partial charge is 0.227 e. The van der Waals surface area contributed by atoms with E-state index in [-0.39, 0.29) is 11.8 Å². The predicted octanol–water partition coefficient (Wildman–Crippen LogP) is 2.06. The zero-order valence-electron chi connectivity index (χ0n) is 13.4. The van der Waals surface area contributed by atoms with Gasteiger partial charge in [0.15, 0.2) is 0 Å². The number of halogens is 1. The molecule has 2 saturated heterocycles. The molecule has 0 spiro atoms. The number of nitrogens with zero attached hydrogens (tertiary/aromatic N) is 3. The van der Waals surface area contributed by atoms with Crippen LogP contribution in [0.25, 0.3) is 0 Å². The molecule has 23 heavy (non-hydrogen) atoms. The molecule has 0 aromatic carbocycles. The summed E-state index contributed by atoms with van der Waals surface area (Å²) >= 11 is 5.80. The van der Waals surface area contributed by atoms with Crippen LogP contribution in [-0.2, 0) is 9.53 Å². The number of anilines is 1. The van der Waals surface area contributed by atoms with Crippen LogP contribution in [0.3, 0.4) is 0 Å². The molecular weight excluding hydrogens is 316 g/mol. The average Bonchev–Trinajstić information content (AvgIpc) is 2.54. The highest BCUT2D eigenvalue weighted by Gasteiger charge is 2.36. The van der Waals surface area contributed by atoms with Crippen LogP contribution in [0.4, 0.5) is 5.95 Å². The summed E-state index contributed by atoms with van der Waals surface area (Å²) in [5.74, 6) is 1.67. The zero-order valence-corrected chi connectivity index (χ0v) is 14.1. The Morgan fingerprint density at radius 3 is 2.65 bits per heavy atom. The standard InChI is InChI=1S/C16H23ClN4O2/c1-11-9-21(10-11)15(22)14(12-2-4-23-5-3-12)8-20-16-18-6-13(17)7-19-16/h6-7,11-12,14H,2-5,8-10H2,1H3,(H,18,19,20). The second kappa shape index (κ2) is 7.45. The van der Waals surface area contributed by atoms with Crippen LogP contribution >= 0.6 is 11.6 Å². The third-order valence-electron chi connectivity index (χ3n) is 4.63. The fraction of sp³-hybridized carbons (Fsp3) is 0.688. The summed E-state index contributed by atoms with van der Waals surface area (Å²) in [5, 5.41) is 3.70. The van der Waals surface area contributed by atoms with E-state index in [9.17, 15) is 4.79 Å². The topological polar surface area (TPSA) is 67.4 Å². The van der Waals surface area contributed by atoms with E-state index in [1.165, 1.54) is 0 Å². The largest absolute Gasteiger partial charge is 0.381 e. The molecule has 3 rings (SSSR count). The number of nitrogens with one attached hydrogen (secondary N) is 1. The molecule has 0 radical (unpaired) electrons. The van der Waals surface area contributed by atoms with E-state index in [0.717, 1.165) is 39.1 Å². The SMILES string of the molecule is CC1CN(C(=O)C(CNc2ncc(Cl)cn2)C2CCOCC2)C1. The minimum atomic E-state index is -0.0503. The maximum atomic E-state index is 12.8. The Balaban J connectivity index is 1.64. The molecule has 2 aliphatic rings. The van der Waals surface area contributed by atoms with Gasteiger partial charge < -0.3 is 15.0 Å². The van der Waals surface area contributed by atoms with Gasteiger partial charge >= 0.3 is 0 Å². The van der Waals surface area contributed by atoms with Crippen molar-refractivity contribution in [3.8, 4) is 0 Å². The quantitative estimate of drug-likeness (QED) is 0.890. The Morgan fingerprint density at radius 2 is 2.04 bits per heavy atom. The Kier molecular flexibility index (Phi) is 5.33. The van der Waals surface area contributed by atoms with E-state index in [1.807, 2.05) is 4.90 Å². The van der Waals surface area contributed by atoms with Crippen molar-refractivity contribution >= 4 is 23.5 Å². The van der Waals surface area contributed by atoms with Crippen molar-refractivity contribution in [2.24, 2.45) is 17.8 Å². The normalized spacial score (nSPS) is 20.9. The van der Waals surface area contributed by atoms with Gasteiger partial charge in [-0.25, -0.2) is 9.97 Å². The van der Waals surface area contributed by atoms with Crippen molar-refractivity contribution in [1.29, 1.82) is 0 Å². The minimum absolute atomic E-state index is 0.0503. The zero-order chi connectivity index (χ0) is 16.2. The number of carbonyl (C=O) groups is 1. The number of rotatable bonds is 5. The number of ether oxygens (including phenoxy) is 1. The molecule has 1 unspecified atom stereocenters. The van der Waals surface area contributed by atoms with Gasteiger partial charge in [0.05, 0.1) is 23.3 Å². The number of hydrogen-bond acceptors (Lipinski definition) is 5. The lowest BCUT2D eigenvalue weighted by Gasteiger charge is -2.41. The molecule has 2 fully saturated rings. The van der Waals surface area contributed by atoms with Gasteiger partial charge in [-0.2, -0.15) is 0 Å². The van der Waals surface area contributed by atoms with Crippen LogP contribution in [0.1, 0.15) is 19.8 Å². The summed E-state index contributed by atoms with van der Waals surface area (Å²) in [7, 11) is 0. The van der Waals surface area contributed by atoms with Crippen molar-refractivity contribution in [2.75, 3.05) is 38.2 Å². The number of likely N-dealkylation sites (tertiary alicyclic amines) is 1. The first-order chi connectivity index (χ1) is 11.1. The minimum Gasteiger partial charge on any atom is -0.381 e. The van der Waals surface area contributed by atoms with Gasteiger partial charge in [0, 0.05) is 32.8 Å². The second-order valence-corrected chi connectivity index (χ2v) is 6.95. The number of carbonyl (C=O) groups excluding carboxylic acids is 1. The fourth-order valence-corrected chi connectivity index (χ4v) is 3.39. The summed E-state index contributed by atoms with van der Waals surface area (Å²) in [4.78, 5) is 23.1. The summed E-state index contributed by atoms with van der Waals surface area (Å²) in [6.45, 7) is 5.94. The lowest BCUT2D eigenvalue weighted by molar-refractivity contribution is -0.144. The number of hydrogen-bond donors (Lipinski definition) is 1. The lowest BCUT2D eigenvalue weighted by atomic mass is 9.83. The summed E-state index contributed by atoms with van der Waals surface area (Å²) in [6.07, 6.45) is 4.98. The monoisotopic (exact) mass is 338 g/mol. The Labute approximate surface area is 141 Å². The molecular formula is C16H23ClN4O2. The average molecular weight is 339 g/mol. The second-order valence-electron chi connectivity index (χ2n) is 6.51. The van der Waals surface area contributed by atoms with Crippen LogP contribution in [0.2, 0.25) is 5.02 Å². The molecule has 7 heteroatoms.